The van der Waals surface area contributed by atoms with Crippen molar-refractivity contribution in [3.05, 3.63) is 84.1 Å². The van der Waals surface area contributed by atoms with Gasteiger partial charge in [0.05, 0.1) is 23.1 Å². The predicted octanol–water partition coefficient (Wildman–Crippen LogP) is 4.95. The van der Waals surface area contributed by atoms with E-state index in [9.17, 15) is 4.79 Å². The average Bonchev–Trinajstić information content (AvgIpc) is 2.65. The van der Waals surface area contributed by atoms with Crippen LogP contribution in [0.5, 0.6) is 0 Å². The lowest BCUT2D eigenvalue weighted by Gasteiger charge is -2.04. The molecule has 3 nitrogen and oxygen atoms in total. The second-order valence-electron chi connectivity index (χ2n) is 5.53. The van der Waals surface area contributed by atoms with Gasteiger partial charge < -0.3 is 0 Å². The SMILES string of the molecule is O=Cc1cccc2cccc(N=Cc3ccc4ccccc4n3)c12. The smallest absolute Gasteiger partial charge is 0.150 e. The molecule has 4 aromatic rings. The van der Waals surface area contributed by atoms with Gasteiger partial charge in [0.25, 0.3) is 0 Å². The van der Waals surface area contributed by atoms with Crippen molar-refractivity contribution in [2.24, 2.45) is 4.99 Å². The van der Waals surface area contributed by atoms with E-state index >= 15 is 0 Å². The molecule has 0 N–H and O–H groups in total. The van der Waals surface area contributed by atoms with E-state index < -0.39 is 0 Å². The summed E-state index contributed by atoms with van der Waals surface area (Å²) in [7, 11) is 0. The Balaban J connectivity index is 1.80. The molecule has 0 aliphatic carbocycles. The molecule has 114 valence electrons. The number of aromatic nitrogens is 1. The van der Waals surface area contributed by atoms with Gasteiger partial charge >= 0.3 is 0 Å². The van der Waals surface area contributed by atoms with Crippen molar-refractivity contribution in [2.45, 2.75) is 0 Å². The number of para-hydroxylation sites is 1. The highest BCUT2D eigenvalue weighted by Gasteiger charge is 2.04. The Bertz CT molecular complexity index is 1080. The maximum absolute atomic E-state index is 11.3. The zero-order valence-electron chi connectivity index (χ0n) is 12.9. The van der Waals surface area contributed by atoms with Gasteiger partial charge in [0.1, 0.15) is 0 Å². The Morgan fingerprint density at radius 2 is 1.58 bits per heavy atom. The number of aliphatic imine (C=N–C) groups is 1. The molecule has 0 unspecified atom stereocenters. The summed E-state index contributed by atoms with van der Waals surface area (Å²) < 4.78 is 0. The molecule has 0 fully saturated rings. The lowest BCUT2D eigenvalue weighted by atomic mass is 10.0. The van der Waals surface area contributed by atoms with Crippen LogP contribution in [-0.2, 0) is 0 Å². The second kappa shape index (κ2) is 6.05. The van der Waals surface area contributed by atoms with E-state index in [1.807, 2.05) is 72.8 Å². The first-order valence-electron chi connectivity index (χ1n) is 7.72. The molecule has 0 atom stereocenters. The van der Waals surface area contributed by atoms with Gasteiger partial charge in [-0.1, -0.05) is 54.6 Å². The van der Waals surface area contributed by atoms with Crippen molar-refractivity contribution in [1.29, 1.82) is 0 Å². The van der Waals surface area contributed by atoms with Crippen molar-refractivity contribution in [2.75, 3.05) is 0 Å². The van der Waals surface area contributed by atoms with E-state index in [0.717, 1.165) is 39.3 Å². The zero-order chi connectivity index (χ0) is 16.4. The standard InChI is InChI=1S/C21H14N2O/c24-14-17-8-3-6-16-7-4-10-20(21(16)17)22-13-18-12-11-15-5-1-2-9-19(15)23-18/h1-14H. The van der Waals surface area contributed by atoms with Gasteiger partial charge in [0.2, 0.25) is 0 Å². The molecule has 3 aromatic carbocycles. The number of fused-ring (bicyclic) bond motifs is 2. The van der Waals surface area contributed by atoms with Crippen LogP contribution in [0.2, 0.25) is 0 Å². The average molecular weight is 310 g/mol. The number of carbonyl (C=O) groups excluding carboxylic acids is 1. The number of aldehydes is 1. The van der Waals surface area contributed by atoms with Gasteiger partial charge in [-0.3, -0.25) is 9.79 Å². The first-order valence-corrected chi connectivity index (χ1v) is 7.72. The number of pyridine rings is 1. The van der Waals surface area contributed by atoms with E-state index in [2.05, 4.69) is 9.98 Å². The molecule has 0 spiro atoms. The summed E-state index contributed by atoms with van der Waals surface area (Å²) in [5.41, 5.74) is 3.14. The van der Waals surface area contributed by atoms with Crippen LogP contribution >= 0.6 is 0 Å². The maximum atomic E-state index is 11.3. The highest BCUT2D eigenvalue weighted by atomic mass is 16.1. The first-order chi connectivity index (χ1) is 11.8. The molecule has 0 amide bonds. The molecular weight excluding hydrogens is 296 g/mol. The van der Waals surface area contributed by atoms with Crippen molar-refractivity contribution in [3.63, 3.8) is 0 Å². The summed E-state index contributed by atoms with van der Waals surface area (Å²) in [6.07, 6.45) is 2.61. The molecule has 0 bridgehead atoms. The molecule has 0 aliphatic rings. The third-order valence-electron chi connectivity index (χ3n) is 4.00. The Morgan fingerprint density at radius 1 is 0.792 bits per heavy atom. The Kier molecular flexibility index (Phi) is 3.60. The van der Waals surface area contributed by atoms with Crippen molar-refractivity contribution in [1.82, 2.24) is 4.98 Å². The number of hydrogen-bond acceptors (Lipinski definition) is 3. The van der Waals surface area contributed by atoms with Crippen molar-refractivity contribution in [3.8, 4) is 0 Å². The van der Waals surface area contributed by atoms with Crippen molar-refractivity contribution >= 4 is 39.9 Å². The normalized spacial score (nSPS) is 11.3. The Hall–Kier alpha value is -3.33. The minimum absolute atomic E-state index is 0.645. The fraction of sp³-hybridized carbons (Fsp3) is 0. The van der Waals surface area contributed by atoms with Gasteiger partial charge in [0.15, 0.2) is 6.29 Å². The fourth-order valence-electron chi connectivity index (χ4n) is 2.84. The van der Waals surface area contributed by atoms with E-state index in [1.54, 1.807) is 6.21 Å². The molecule has 0 saturated carbocycles. The van der Waals surface area contributed by atoms with Crippen LogP contribution in [0.15, 0.2) is 77.8 Å². The van der Waals surface area contributed by atoms with Crippen LogP contribution in [-0.4, -0.2) is 17.5 Å². The summed E-state index contributed by atoms with van der Waals surface area (Å²) in [6.45, 7) is 0. The molecule has 0 aliphatic heterocycles. The molecule has 24 heavy (non-hydrogen) atoms. The molecule has 1 heterocycles. The van der Waals surface area contributed by atoms with Crippen LogP contribution in [0.25, 0.3) is 21.7 Å². The zero-order valence-corrected chi connectivity index (χ0v) is 12.9. The fourth-order valence-corrected chi connectivity index (χ4v) is 2.84. The van der Waals surface area contributed by atoms with Crippen LogP contribution < -0.4 is 0 Å². The number of carbonyl (C=O) groups is 1. The largest absolute Gasteiger partial charge is 0.298 e. The van der Waals surface area contributed by atoms with Crippen LogP contribution in [0.4, 0.5) is 5.69 Å². The van der Waals surface area contributed by atoms with Crippen LogP contribution in [0, 0.1) is 0 Å². The summed E-state index contributed by atoms with van der Waals surface area (Å²) in [4.78, 5) is 20.5. The number of hydrogen-bond donors (Lipinski definition) is 0. The minimum atomic E-state index is 0.645. The van der Waals surface area contributed by atoms with E-state index in [-0.39, 0.29) is 0 Å². The molecule has 4 rings (SSSR count). The van der Waals surface area contributed by atoms with Crippen LogP contribution in [0.1, 0.15) is 16.1 Å². The lowest BCUT2D eigenvalue weighted by molar-refractivity contribution is 0.112. The number of rotatable bonds is 3. The third kappa shape index (κ3) is 2.57. The quantitative estimate of drug-likeness (QED) is 0.397. The predicted molar refractivity (Wildman–Crippen MR) is 98.3 cm³/mol. The molecule has 1 aromatic heterocycles. The summed E-state index contributed by atoms with van der Waals surface area (Å²) in [5, 5.41) is 2.97. The summed E-state index contributed by atoms with van der Waals surface area (Å²) in [5.74, 6) is 0. The van der Waals surface area contributed by atoms with Gasteiger partial charge in [-0.05, 0) is 23.6 Å². The highest BCUT2D eigenvalue weighted by Crippen LogP contribution is 2.28. The Morgan fingerprint density at radius 3 is 2.46 bits per heavy atom. The van der Waals surface area contributed by atoms with Gasteiger partial charge in [-0.25, -0.2) is 4.98 Å². The molecular formula is C21H14N2O. The molecule has 0 radical (unpaired) electrons. The van der Waals surface area contributed by atoms with Crippen LogP contribution in [0.3, 0.4) is 0 Å². The van der Waals surface area contributed by atoms with Gasteiger partial charge in [-0.15, -0.1) is 0 Å². The van der Waals surface area contributed by atoms with E-state index in [1.165, 1.54) is 0 Å². The lowest BCUT2D eigenvalue weighted by Crippen LogP contribution is -1.88. The first kappa shape index (κ1) is 14.3. The minimum Gasteiger partial charge on any atom is -0.298 e. The van der Waals surface area contributed by atoms with Gasteiger partial charge in [0, 0.05) is 16.3 Å². The van der Waals surface area contributed by atoms with E-state index in [0.29, 0.717) is 5.56 Å². The monoisotopic (exact) mass is 310 g/mol. The number of nitrogens with zero attached hydrogens (tertiary/aromatic N) is 2. The summed E-state index contributed by atoms with van der Waals surface area (Å²) in [6, 6.07) is 23.5. The molecule has 0 saturated heterocycles. The Labute approximate surface area is 139 Å². The molecule has 3 heteroatoms. The van der Waals surface area contributed by atoms with E-state index in [4.69, 9.17) is 0 Å². The highest BCUT2D eigenvalue weighted by molar-refractivity contribution is 6.05. The summed E-state index contributed by atoms with van der Waals surface area (Å²) >= 11 is 0. The second-order valence-corrected chi connectivity index (χ2v) is 5.53. The topological polar surface area (TPSA) is 42.3 Å². The van der Waals surface area contributed by atoms with Gasteiger partial charge in [-0.2, -0.15) is 0 Å². The number of benzene rings is 3. The van der Waals surface area contributed by atoms with Crippen molar-refractivity contribution < 1.29 is 4.79 Å². The third-order valence-corrected chi connectivity index (χ3v) is 4.00. The maximum Gasteiger partial charge on any atom is 0.150 e.